The lowest BCUT2D eigenvalue weighted by Crippen LogP contribution is -2.25. The van der Waals surface area contributed by atoms with Gasteiger partial charge in [0.15, 0.2) is 0 Å². The normalized spacial score (nSPS) is 21.5. The number of fused-ring (bicyclic) bond motifs is 1. The maximum Gasteiger partial charge on any atom is 0.130 e. The monoisotopic (exact) mass is 300 g/mol. The molecule has 3 aromatic rings. The van der Waals surface area contributed by atoms with Crippen LogP contribution in [0.1, 0.15) is 23.3 Å². The van der Waals surface area contributed by atoms with Gasteiger partial charge in [-0.15, -0.1) is 0 Å². The van der Waals surface area contributed by atoms with Crippen LogP contribution in [0.3, 0.4) is 0 Å². The minimum absolute atomic E-state index is 0.0626. The van der Waals surface area contributed by atoms with Crippen LogP contribution in [0.5, 0.6) is 0 Å². The van der Waals surface area contributed by atoms with Crippen LogP contribution < -0.4 is 10.9 Å². The number of hydrazine groups is 1. The van der Waals surface area contributed by atoms with Crippen molar-refractivity contribution in [1.82, 2.24) is 20.8 Å². The van der Waals surface area contributed by atoms with E-state index in [0.29, 0.717) is 12.1 Å². The molecule has 1 fully saturated rings. The van der Waals surface area contributed by atoms with Gasteiger partial charge in [-0.05, 0) is 18.2 Å². The molecule has 0 aliphatic carbocycles. The number of benzene rings is 2. The molecule has 2 aromatic carbocycles. The van der Waals surface area contributed by atoms with Gasteiger partial charge in [0.1, 0.15) is 17.5 Å². The highest BCUT2D eigenvalue weighted by molar-refractivity contribution is 5.74. The molecule has 4 nitrogen and oxygen atoms in total. The Labute approximate surface area is 125 Å². The number of hydrogen-bond donors (Lipinski definition) is 3. The molecule has 0 radical (unpaired) electrons. The molecule has 3 N–H and O–H groups in total. The average molecular weight is 300 g/mol. The van der Waals surface area contributed by atoms with Gasteiger partial charge in [0.25, 0.3) is 0 Å². The van der Waals surface area contributed by atoms with Gasteiger partial charge < -0.3 is 4.98 Å². The van der Waals surface area contributed by atoms with E-state index >= 15 is 0 Å². The van der Waals surface area contributed by atoms with E-state index in [1.54, 1.807) is 0 Å². The lowest BCUT2D eigenvalue weighted by atomic mass is 9.94. The van der Waals surface area contributed by atoms with E-state index in [-0.39, 0.29) is 12.0 Å². The molecule has 1 aliphatic rings. The zero-order valence-electron chi connectivity index (χ0n) is 11.6. The second-order valence-corrected chi connectivity index (χ2v) is 5.41. The first-order valence-corrected chi connectivity index (χ1v) is 7.10. The van der Waals surface area contributed by atoms with Crippen molar-refractivity contribution < 1.29 is 8.78 Å². The quantitative estimate of drug-likeness (QED) is 0.682. The molecular weight excluding hydrogens is 286 g/mol. The summed E-state index contributed by atoms with van der Waals surface area (Å²) in [4.78, 5) is 7.87. The van der Waals surface area contributed by atoms with E-state index in [2.05, 4.69) is 20.8 Å². The number of nitrogens with zero attached hydrogens (tertiary/aromatic N) is 1. The molecule has 4 rings (SSSR count). The number of nitrogens with one attached hydrogen (secondary N) is 3. The Morgan fingerprint density at radius 1 is 1.09 bits per heavy atom. The highest BCUT2D eigenvalue weighted by Gasteiger charge is 2.33. The van der Waals surface area contributed by atoms with E-state index < -0.39 is 11.6 Å². The summed E-state index contributed by atoms with van der Waals surface area (Å²) in [7, 11) is 0. The number of rotatable bonds is 2. The van der Waals surface area contributed by atoms with Gasteiger partial charge >= 0.3 is 0 Å². The predicted molar refractivity (Wildman–Crippen MR) is 79.1 cm³/mol. The van der Waals surface area contributed by atoms with Crippen molar-refractivity contribution >= 4 is 11.0 Å². The Bertz CT molecular complexity index is 797. The standard InChI is InChI=1S/C16H14F2N4/c17-9-5-6-10(12(18)7-9)15-11(8-19-22-15)16-20-13-3-1-2-4-14(13)21-16/h1-7,11,15,19,22H,8H2,(H,20,21). The number of hydrogen-bond acceptors (Lipinski definition) is 3. The van der Waals surface area contributed by atoms with Crippen LogP contribution in [0.25, 0.3) is 11.0 Å². The third kappa shape index (κ3) is 2.17. The fraction of sp³-hybridized carbons (Fsp3) is 0.188. The van der Waals surface area contributed by atoms with Crippen LogP contribution in [-0.4, -0.2) is 16.5 Å². The van der Waals surface area contributed by atoms with E-state index in [0.717, 1.165) is 22.9 Å². The number of aromatic nitrogens is 2. The summed E-state index contributed by atoms with van der Waals surface area (Å²) >= 11 is 0. The maximum atomic E-state index is 14.1. The van der Waals surface area contributed by atoms with Gasteiger partial charge in [0, 0.05) is 18.2 Å². The molecule has 2 atom stereocenters. The van der Waals surface area contributed by atoms with Crippen LogP contribution in [0.15, 0.2) is 42.5 Å². The first-order chi connectivity index (χ1) is 10.7. The Balaban J connectivity index is 1.74. The third-order valence-electron chi connectivity index (χ3n) is 4.04. The summed E-state index contributed by atoms with van der Waals surface area (Å²) in [5.74, 6) is -0.408. The van der Waals surface area contributed by atoms with Crippen molar-refractivity contribution in [3.8, 4) is 0 Å². The molecule has 0 spiro atoms. The summed E-state index contributed by atoms with van der Waals surface area (Å²) in [6.07, 6.45) is 0. The first kappa shape index (κ1) is 13.4. The smallest absolute Gasteiger partial charge is 0.130 e. The van der Waals surface area contributed by atoms with Gasteiger partial charge in [-0.3, -0.25) is 5.43 Å². The van der Waals surface area contributed by atoms with Crippen molar-refractivity contribution in [2.75, 3.05) is 6.54 Å². The van der Waals surface area contributed by atoms with Crippen LogP contribution in [-0.2, 0) is 0 Å². The number of aromatic amines is 1. The van der Waals surface area contributed by atoms with Crippen molar-refractivity contribution in [1.29, 1.82) is 0 Å². The van der Waals surface area contributed by atoms with E-state index in [4.69, 9.17) is 0 Å². The number of halogens is 2. The SMILES string of the molecule is Fc1ccc(C2NNCC2c2nc3ccccc3[nH]2)c(F)c1. The Morgan fingerprint density at radius 2 is 1.95 bits per heavy atom. The van der Waals surface area contributed by atoms with Gasteiger partial charge in [0.05, 0.1) is 23.0 Å². The number of imidazole rings is 1. The molecule has 6 heteroatoms. The second-order valence-electron chi connectivity index (χ2n) is 5.41. The second kappa shape index (κ2) is 5.15. The van der Waals surface area contributed by atoms with Crippen molar-refractivity contribution in [2.24, 2.45) is 0 Å². The molecular formula is C16H14F2N4. The summed E-state index contributed by atoms with van der Waals surface area (Å²) in [5, 5.41) is 0. The van der Waals surface area contributed by atoms with E-state index in [9.17, 15) is 8.78 Å². The topological polar surface area (TPSA) is 52.7 Å². The highest BCUT2D eigenvalue weighted by Crippen LogP contribution is 2.34. The molecule has 2 unspecified atom stereocenters. The molecule has 112 valence electrons. The Hall–Kier alpha value is -2.31. The molecule has 1 aromatic heterocycles. The van der Waals surface area contributed by atoms with Gasteiger partial charge in [0.2, 0.25) is 0 Å². The first-order valence-electron chi connectivity index (χ1n) is 7.10. The number of para-hydroxylation sites is 2. The molecule has 1 saturated heterocycles. The van der Waals surface area contributed by atoms with Crippen LogP contribution in [0.2, 0.25) is 0 Å². The predicted octanol–water partition coefficient (Wildman–Crippen LogP) is 2.77. The number of H-pyrrole nitrogens is 1. The van der Waals surface area contributed by atoms with Gasteiger partial charge in [-0.1, -0.05) is 18.2 Å². The molecule has 0 saturated carbocycles. The van der Waals surface area contributed by atoms with Crippen molar-refractivity contribution in [2.45, 2.75) is 12.0 Å². The lowest BCUT2D eigenvalue weighted by Gasteiger charge is -2.17. The van der Waals surface area contributed by atoms with Crippen molar-refractivity contribution in [3.63, 3.8) is 0 Å². The van der Waals surface area contributed by atoms with Crippen LogP contribution in [0.4, 0.5) is 8.78 Å². The zero-order chi connectivity index (χ0) is 15.1. The maximum absolute atomic E-state index is 14.1. The van der Waals surface area contributed by atoms with E-state index in [1.165, 1.54) is 12.1 Å². The minimum atomic E-state index is -0.576. The van der Waals surface area contributed by atoms with Gasteiger partial charge in [-0.2, -0.15) is 0 Å². The van der Waals surface area contributed by atoms with Gasteiger partial charge in [-0.25, -0.2) is 19.2 Å². The Morgan fingerprint density at radius 3 is 2.77 bits per heavy atom. The molecule has 1 aliphatic heterocycles. The molecule has 2 heterocycles. The molecule has 0 amide bonds. The third-order valence-corrected chi connectivity index (χ3v) is 4.04. The lowest BCUT2D eigenvalue weighted by molar-refractivity contribution is 0.498. The summed E-state index contributed by atoms with van der Waals surface area (Å²) in [6, 6.07) is 11.1. The minimum Gasteiger partial charge on any atom is -0.342 e. The fourth-order valence-electron chi connectivity index (χ4n) is 2.95. The van der Waals surface area contributed by atoms with Crippen LogP contribution in [0, 0.1) is 11.6 Å². The summed E-state index contributed by atoms with van der Waals surface area (Å²) in [6.45, 7) is 0.612. The average Bonchev–Trinajstić information content (AvgIpc) is 3.13. The fourth-order valence-corrected chi connectivity index (χ4v) is 2.95. The van der Waals surface area contributed by atoms with E-state index in [1.807, 2.05) is 24.3 Å². The zero-order valence-corrected chi connectivity index (χ0v) is 11.6. The van der Waals surface area contributed by atoms with Crippen molar-refractivity contribution in [3.05, 3.63) is 65.5 Å². The highest BCUT2D eigenvalue weighted by atomic mass is 19.1. The molecule has 22 heavy (non-hydrogen) atoms. The Kier molecular flexibility index (Phi) is 3.13. The largest absolute Gasteiger partial charge is 0.342 e. The summed E-state index contributed by atoms with van der Waals surface area (Å²) < 4.78 is 27.2. The van der Waals surface area contributed by atoms with Crippen LogP contribution >= 0.6 is 0 Å². The molecule has 0 bridgehead atoms. The summed E-state index contributed by atoms with van der Waals surface area (Å²) in [5.41, 5.74) is 8.34.